The van der Waals surface area contributed by atoms with E-state index in [9.17, 15) is 28.1 Å². The fourth-order valence-electron chi connectivity index (χ4n) is 2.97. The summed E-state index contributed by atoms with van der Waals surface area (Å²) in [5.41, 5.74) is -1.49. The topological polar surface area (TPSA) is 75.5 Å². The Morgan fingerprint density at radius 2 is 2.00 bits per heavy atom. The van der Waals surface area contributed by atoms with Crippen molar-refractivity contribution in [3.63, 3.8) is 0 Å². The van der Waals surface area contributed by atoms with E-state index in [0.717, 1.165) is 17.1 Å². The van der Waals surface area contributed by atoms with Crippen LogP contribution in [0.5, 0.6) is 0 Å². The van der Waals surface area contributed by atoms with E-state index in [4.69, 9.17) is 0 Å². The average molecular weight is 331 g/mol. The van der Waals surface area contributed by atoms with E-state index in [1.165, 1.54) is 12.1 Å². The minimum atomic E-state index is -4.80. The number of hydrogen-bond acceptors (Lipinski definition) is 4. The largest absolute Gasteiger partial charge is 0.412 e. The van der Waals surface area contributed by atoms with Crippen molar-refractivity contribution >= 4 is 11.6 Å². The van der Waals surface area contributed by atoms with Crippen molar-refractivity contribution in [3.8, 4) is 0 Å². The molecular weight excluding hydrogens is 315 g/mol. The average Bonchev–Trinajstić information content (AvgIpc) is 2.90. The van der Waals surface area contributed by atoms with E-state index in [-0.39, 0.29) is 19.4 Å². The number of hydrazine groups is 1. The maximum atomic E-state index is 14.1. The molecule has 1 aliphatic heterocycles. The first-order chi connectivity index (χ1) is 10.7. The van der Waals surface area contributed by atoms with Crippen LogP contribution >= 0.6 is 0 Å². The SMILES string of the molecule is CCC[C@@](c1ccccc1[N+](=O)[O-])(N1CCC(=O)N1)C(F)(F)F. The van der Waals surface area contributed by atoms with Crippen LogP contribution in [0.2, 0.25) is 0 Å². The van der Waals surface area contributed by atoms with Gasteiger partial charge < -0.3 is 0 Å². The van der Waals surface area contributed by atoms with E-state index in [1.54, 1.807) is 6.92 Å². The molecule has 9 heteroatoms. The first kappa shape index (κ1) is 17.2. The number of hydrogen-bond donors (Lipinski definition) is 1. The zero-order valence-corrected chi connectivity index (χ0v) is 12.4. The van der Waals surface area contributed by atoms with Gasteiger partial charge in [0.1, 0.15) is 0 Å². The second kappa shape index (κ2) is 6.15. The zero-order chi connectivity index (χ0) is 17.3. The third kappa shape index (κ3) is 2.88. The van der Waals surface area contributed by atoms with Crippen LogP contribution in [-0.2, 0) is 10.3 Å². The van der Waals surface area contributed by atoms with Crippen LogP contribution in [0, 0.1) is 10.1 Å². The molecule has 0 radical (unpaired) electrons. The zero-order valence-electron chi connectivity index (χ0n) is 12.4. The Morgan fingerprint density at radius 1 is 1.35 bits per heavy atom. The molecule has 0 spiro atoms. The third-order valence-corrected chi connectivity index (χ3v) is 3.91. The smallest absolute Gasteiger partial charge is 0.288 e. The number of carbonyl (C=O) groups excluding carboxylic acids is 1. The van der Waals surface area contributed by atoms with Crippen molar-refractivity contribution in [1.29, 1.82) is 0 Å². The standard InChI is InChI=1S/C14H16F3N3O3/c1-2-8-13(14(15,16)17,19-9-7-12(21)18-19)10-5-3-4-6-11(10)20(22)23/h3-6H,2,7-9H2,1H3,(H,18,21)/t13-/m0/s1. The number of para-hydroxylation sites is 1. The van der Waals surface area contributed by atoms with Gasteiger partial charge in [-0.15, -0.1) is 0 Å². The molecule has 1 aromatic carbocycles. The van der Waals surface area contributed by atoms with Crippen LogP contribution in [-0.4, -0.2) is 28.6 Å². The van der Waals surface area contributed by atoms with E-state index in [1.807, 2.05) is 0 Å². The third-order valence-electron chi connectivity index (χ3n) is 3.91. The van der Waals surface area contributed by atoms with Gasteiger partial charge >= 0.3 is 6.18 Å². The van der Waals surface area contributed by atoms with Crippen molar-refractivity contribution < 1.29 is 22.9 Å². The van der Waals surface area contributed by atoms with Gasteiger partial charge in [-0.25, -0.2) is 5.01 Å². The molecule has 0 bridgehead atoms. The second-order valence-corrected chi connectivity index (χ2v) is 5.32. The Hall–Kier alpha value is -2.16. The van der Waals surface area contributed by atoms with E-state index in [2.05, 4.69) is 5.43 Å². The molecule has 0 aliphatic carbocycles. The number of carbonyl (C=O) groups is 1. The van der Waals surface area contributed by atoms with Crippen molar-refractivity contribution in [2.75, 3.05) is 6.54 Å². The molecule has 1 aromatic rings. The molecule has 23 heavy (non-hydrogen) atoms. The summed E-state index contributed by atoms with van der Waals surface area (Å²) in [6.45, 7) is 1.40. The Labute approximate surface area is 130 Å². The highest BCUT2D eigenvalue weighted by Crippen LogP contribution is 2.49. The summed E-state index contributed by atoms with van der Waals surface area (Å²) in [6.07, 6.45) is -5.14. The number of amides is 1. The Bertz CT molecular complexity index is 621. The van der Waals surface area contributed by atoms with Gasteiger partial charge in [0.25, 0.3) is 5.69 Å². The number of benzene rings is 1. The molecular formula is C14H16F3N3O3. The van der Waals surface area contributed by atoms with Crippen molar-refractivity contribution in [3.05, 3.63) is 39.9 Å². The Morgan fingerprint density at radius 3 is 2.48 bits per heavy atom. The summed E-state index contributed by atoms with van der Waals surface area (Å²) >= 11 is 0. The molecule has 1 fully saturated rings. The summed E-state index contributed by atoms with van der Waals surface area (Å²) in [5, 5.41) is 12.0. The van der Waals surface area contributed by atoms with Crippen LogP contribution in [0.3, 0.4) is 0 Å². The molecule has 0 saturated carbocycles. The second-order valence-electron chi connectivity index (χ2n) is 5.32. The summed E-state index contributed by atoms with van der Waals surface area (Å²) in [6, 6.07) is 4.79. The van der Waals surface area contributed by atoms with Crippen LogP contribution in [0.15, 0.2) is 24.3 Å². The first-order valence-electron chi connectivity index (χ1n) is 7.11. The molecule has 126 valence electrons. The van der Waals surface area contributed by atoms with Gasteiger partial charge in [0.15, 0.2) is 5.54 Å². The number of nitro groups is 1. The highest BCUT2D eigenvalue weighted by atomic mass is 19.4. The summed E-state index contributed by atoms with van der Waals surface area (Å²) in [5.74, 6) is -0.534. The number of nitro benzene ring substituents is 1. The molecule has 1 N–H and O–H groups in total. The van der Waals surface area contributed by atoms with Crippen molar-refractivity contribution in [1.82, 2.24) is 10.4 Å². The maximum absolute atomic E-state index is 14.1. The van der Waals surface area contributed by atoms with Gasteiger partial charge in [-0.2, -0.15) is 13.2 Å². The number of halogens is 3. The quantitative estimate of drug-likeness (QED) is 0.665. The number of nitrogens with one attached hydrogen (secondary N) is 1. The monoisotopic (exact) mass is 331 g/mol. The Kier molecular flexibility index (Phi) is 4.60. The lowest BCUT2D eigenvalue weighted by Crippen LogP contribution is -2.59. The summed E-state index contributed by atoms with van der Waals surface area (Å²) in [4.78, 5) is 21.8. The maximum Gasteiger partial charge on any atom is 0.412 e. The van der Waals surface area contributed by atoms with E-state index in [0.29, 0.717) is 0 Å². The molecule has 0 aromatic heterocycles. The normalized spacial score (nSPS) is 18.5. The summed E-state index contributed by atoms with van der Waals surface area (Å²) in [7, 11) is 0. The van der Waals surface area contributed by atoms with Gasteiger partial charge in [-0.05, 0) is 12.5 Å². The van der Waals surface area contributed by atoms with Gasteiger partial charge in [-0.1, -0.05) is 25.5 Å². The molecule has 1 atom stereocenters. The van der Waals surface area contributed by atoms with Gasteiger partial charge in [0, 0.05) is 19.0 Å². The minimum absolute atomic E-state index is 0.0812. The minimum Gasteiger partial charge on any atom is -0.288 e. The number of alkyl halides is 3. The van der Waals surface area contributed by atoms with Crippen LogP contribution in [0.25, 0.3) is 0 Å². The first-order valence-corrected chi connectivity index (χ1v) is 7.11. The van der Waals surface area contributed by atoms with Gasteiger partial charge in [0.05, 0.1) is 10.5 Å². The molecule has 1 amide bonds. The van der Waals surface area contributed by atoms with Gasteiger partial charge in [-0.3, -0.25) is 20.3 Å². The number of rotatable bonds is 5. The molecule has 6 nitrogen and oxygen atoms in total. The van der Waals surface area contributed by atoms with Crippen LogP contribution < -0.4 is 5.43 Å². The highest BCUT2D eigenvalue weighted by Gasteiger charge is 2.62. The van der Waals surface area contributed by atoms with Crippen molar-refractivity contribution in [2.45, 2.75) is 37.9 Å². The number of nitrogens with zero attached hydrogens (tertiary/aromatic N) is 2. The molecule has 1 aliphatic rings. The van der Waals surface area contributed by atoms with Crippen LogP contribution in [0.1, 0.15) is 31.7 Å². The lowest BCUT2D eigenvalue weighted by molar-refractivity contribution is -0.388. The Balaban J connectivity index is 2.71. The van der Waals surface area contributed by atoms with E-state index < -0.39 is 40.2 Å². The fraction of sp³-hybridized carbons (Fsp3) is 0.500. The fourth-order valence-corrected chi connectivity index (χ4v) is 2.97. The van der Waals surface area contributed by atoms with Crippen molar-refractivity contribution in [2.24, 2.45) is 0 Å². The molecule has 1 heterocycles. The summed E-state index contributed by atoms with van der Waals surface area (Å²) < 4.78 is 42.2. The predicted octanol–water partition coefficient (Wildman–Crippen LogP) is 2.89. The van der Waals surface area contributed by atoms with Gasteiger partial charge in [0.2, 0.25) is 5.91 Å². The predicted molar refractivity (Wildman–Crippen MR) is 75.2 cm³/mol. The lowest BCUT2D eigenvalue weighted by atomic mass is 9.83. The molecule has 0 unspecified atom stereocenters. The molecule has 2 rings (SSSR count). The lowest BCUT2D eigenvalue weighted by Gasteiger charge is -2.42. The van der Waals surface area contributed by atoms with E-state index >= 15 is 0 Å². The molecule has 1 saturated heterocycles. The van der Waals surface area contributed by atoms with Crippen LogP contribution in [0.4, 0.5) is 18.9 Å². The highest BCUT2D eigenvalue weighted by molar-refractivity contribution is 5.77.